The summed E-state index contributed by atoms with van der Waals surface area (Å²) in [4.78, 5) is 21.1. The molecule has 0 aliphatic heterocycles. The molecule has 9 heteroatoms. The van der Waals surface area contributed by atoms with Gasteiger partial charge in [-0.3, -0.25) is 4.79 Å². The molecule has 9 nitrogen and oxygen atoms in total. The SMILES string of the molecule is N#Cc1cc2c(nc1NC1CCC(n3nc(-n4cncn4)ccc3=O)CC1)CCC2. The predicted octanol–water partition coefficient (Wildman–Crippen LogP) is 2.18. The van der Waals surface area contributed by atoms with E-state index in [0.717, 1.165) is 50.6 Å². The van der Waals surface area contributed by atoms with E-state index in [1.54, 1.807) is 21.8 Å². The smallest absolute Gasteiger partial charge is 0.267 e. The monoisotopic (exact) mass is 402 g/mol. The molecular formula is C21H22N8O. The highest BCUT2D eigenvalue weighted by Gasteiger charge is 2.26. The van der Waals surface area contributed by atoms with Crippen molar-refractivity contribution in [1.82, 2.24) is 29.5 Å². The van der Waals surface area contributed by atoms with Gasteiger partial charge in [0.25, 0.3) is 5.56 Å². The zero-order chi connectivity index (χ0) is 20.5. The van der Waals surface area contributed by atoms with Crippen molar-refractivity contribution in [2.45, 2.75) is 57.0 Å². The minimum absolute atomic E-state index is 0.0439. The third-order valence-electron chi connectivity index (χ3n) is 6.02. The molecule has 0 unspecified atom stereocenters. The van der Waals surface area contributed by atoms with Crippen LogP contribution in [-0.2, 0) is 12.8 Å². The van der Waals surface area contributed by atoms with Gasteiger partial charge in [-0.05, 0) is 62.6 Å². The summed E-state index contributed by atoms with van der Waals surface area (Å²) in [6.45, 7) is 0. The number of aromatic nitrogens is 6. The van der Waals surface area contributed by atoms with Crippen LogP contribution in [0.5, 0.6) is 0 Å². The second-order valence-electron chi connectivity index (χ2n) is 7.92. The predicted molar refractivity (Wildman–Crippen MR) is 109 cm³/mol. The first-order valence-electron chi connectivity index (χ1n) is 10.4. The lowest BCUT2D eigenvalue weighted by molar-refractivity contribution is 0.302. The fourth-order valence-electron chi connectivity index (χ4n) is 4.45. The van der Waals surface area contributed by atoms with Gasteiger partial charge in [-0.1, -0.05) is 0 Å². The molecule has 0 atom stereocenters. The number of nitrogens with one attached hydrogen (secondary N) is 1. The Hall–Kier alpha value is -3.54. The van der Waals surface area contributed by atoms with Crippen molar-refractivity contribution in [3.8, 4) is 11.9 Å². The first-order valence-corrected chi connectivity index (χ1v) is 10.4. The molecule has 2 aliphatic carbocycles. The second-order valence-corrected chi connectivity index (χ2v) is 7.92. The van der Waals surface area contributed by atoms with Gasteiger partial charge < -0.3 is 5.32 Å². The Kier molecular flexibility index (Phi) is 4.75. The van der Waals surface area contributed by atoms with Crippen molar-refractivity contribution in [1.29, 1.82) is 5.26 Å². The van der Waals surface area contributed by atoms with E-state index in [1.165, 1.54) is 18.0 Å². The van der Waals surface area contributed by atoms with Crippen molar-refractivity contribution < 1.29 is 0 Å². The Bertz CT molecular complexity index is 1150. The minimum Gasteiger partial charge on any atom is -0.366 e. The van der Waals surface area contributed by atoms with Crippen LogP contribution >= 0.6 is 0 Å². The van der Waals surface area contributed by atoms with Crippen LogP contribution < -0.4 is 10.9 Å². The molecule has 3 aromatic heterocycles. The van der Waals surface area contributed by atoms with Gasteiger partial charge in [-0.2, -0.15) is 10.4 Å². The van der Waals surface area contributed by atoms with Gasteiger partial charge in [-0.25, -0.2) is 19.3 Å². The number of pyridine rings is 1. The van der Waals surface area contributed by atoms with Crippen molar-refractivity contribution in [3.63, 3.8) is 0 Å². The molecule has 0 aromatic carbocycles. The highest BCUT2D eigenvalue weighted by molar-refractivity contribution is 5.55. The number of anilines is 1. The van der Waals surface area contributed by atoms with E-state index >= 15 is 0 Å². The summed E-state index contributed by atoms with van der Waals surface area (Å²) < 4.78 is 3.12. The average Bonchev–Trinajstić information content (AvgIpc) is 3.46. The van der Waals surface area contributed by atoms with Gasteiger partial charge in [0.05, 0.1) is 11.6 Å². The Morgan fingerprint density at radius 1 is 1.17 bits per heavy atom. The number of rotatable bonds is 4. The maximum absolute atomic E-state index is 12.4. The summed E-state index contributed by atoms with van der Waals surface area (Å²) in [5.41, 5.74) is 2.84. The van der Waals surface area contributed by atoms with Gasteiger partial charge in [-0.15, -0.1) is 5.10 Å². The Morgan fingerprint density at radius 2 is 2.03 bits per heavy atom. The molecule has 0 spiro atoms. The Labute approximate surface area is 173 Å². The number of hydrogen-bond donors (Lipinski definition) is 1. The number of aryl methyl sites for hydroxylation is 2. The summed E-state index contributed by atoms with van der Waals surface area (Å²) in [5, 5.41) is 21.6. The van der Waals surface area contributed by atoms with Gasteiger partial charge in [0.2, 0.25) is 0 Å². The lowest BCUT2D eigenvalue weighted by Gasteiger charge is -2.30. The molecule has 1 saturated carbocycles. The van der Waals surface area contributed by atoms with Crippen LogP contribution in [0.15, 0.2) is 35.6 Å². The van der Waals surface area contributed by atoms with E-state index in [1.807, 2.05) is 6.07 Å². The Morgan fingerprint density at radius 3 is 2.80 bits per heavy atom. The van der Waals surface area contributed by atoms with Crippen LogP contribution in [0.2, 0.25) is 0 Å². The van der Waals surface area contributed by atoms with Crippen molar-refractivity contribution in [3.05, 3.63) is 58.0 Å². The molecule has 0 radical (unpaired) electrons. The molecule has 0 amide bonds. The first kappa shape index (κ1) is 18.5. The van der Waals surface area contributed by atoms with E-state index in [0.29, 0.717) is 17.2 Å². The maximum Gasteiger partial charge on any atom is 0.267 e. The van der Waals surface area contributed by atoms with Crippen LogP contribution in [0.4, 0.5) is 5.82 Å². The number of nitriles is 1. The third kappa shape index (κ3) is 3.45. The maximum atomic E-state index is 12.4. The lowest BCUT2D eigenvalue weighted by Crippen LogP contribution is -2.34. The zero-order valence-electron chi connectivity index (χ0n) is 16.5. The number of nitrogens with zero attached hydrogens (tertiary/aromatic N) is 7. The van der Waals surface area contributed by atoms with Crippen LogP contribution in [0.1, 0.15) is 55.0 Å². The van der Waals surface area contributed by atoms with E-state index in [2.05, 4.69) is 26.6 Å². The van der Waals surface area contributed by atoms with Gasteiger partial charge in [0, 0.05) is 17.8 Å². The molecule has 3 heterocycles. The summed E-state index contributed by atoms with van der Waals surface area (Å²) in [6, 6.07) is 7.73. The molecule has 5 rings (SSSR count). The topological polar surface area (TPSA) is 114 Å². The fourth-order valence-corrected chi connectivity index (χ4v) is 4.45. The molecule has 1 fully saturated rings. The number of fused-ring (bicyclic) bond motifs is 1. The molecule has 0 saturated heterocycles. The average molecular weight is 402 g/mol. The van der Waals surface area contributed by atoms with E-state index in [4.69, 9.17) is 4.98 Å². The lowest BCUT2D eigenvalue weighted by atomic mass is 9.91. The van der Waals surface area contributed by atoms with E-state index in [-0.39, 0.29) is 17.6 Å². The van der Waals surface area contributed by atoms with Crippen LogP contribution in [-0.4, -0.2) is 35.6 Å². The van der Waals surface area contributed by atoms with Gasteiger partial charge in [0.15, 0.2) is 5.82 Å². The van der Waals surface area contributed by atoms with E-state index in [9.17, 15) is 10.1 Å². The second kappa shape index (κ2) is 7.71. The highest BCUT2D eigenvalue weighted by Crippen LogP contribution is 2.31. The van der Waals surface area contributed by atoms with Crippen molar-refractivity contribution in [2.24, 2.45) is 0 Å². The largest absolute Gasteiger partial charge is 0.366 e. The standard InChI is InChI=1S/C21H22N8O/c22-11-15-10-14-2-1-3-18(14)26-21(15)25-16-4-6-17(7-5-16)29-20(30)9-8-19(27-29)28-13-23-12-24-28/h8-10,12-13,16-17H,1-7H2,(H,25,26). The van der Waals surface area contributed by atoms with Gasteiger partial charge >= 0.3 is 0 Å². The first-order chi connectivity index (χ1) is 14.7. The van der Waals surface area contributed by atoms with Crippen molar-refractivity contribution >= 4 is 5.82 Å². The molecule has 0 bridgehead atoms. The zero-order valence-corrected chi connectivity index (χ0v) is 16.5. The molecular weight excluding hydrogens is 380 g/mol. The molecule has 152 valence electrons. The van der Waals surface area contributed by atoms with Crippen molar-refractivity contribution in [2.75, 3.05) is 5.32 Å². The van der Waals surface area contributed by atoms with Crippen LogP contribution in [0, 0.1) is 11.3 Å². The van der Waals surface area contributed by atoms with Crippen LogP contribution in [0.3, 0.4) is 0 Å². The van der Waals surface area contributed by atoms with E-state index < -0.39 is 0 Å². The highest BCUT2D eigenvalue weighted by atomic mass is 16.1. The summed E-state index contributed by atoms with van der Waals surface area (Å²) in [6.07, 6.45) is 9.54. The number of hydrogen-bond acceptors (Lipinski definition) is 7. The molecule has 2 aliphatic rings. The summed E-state index contributed by atoms with van der Waals surface area (Å²) in [7, 11) is 0. The Balaban J connectivity index is 1.29. The van der Waals surface area contributed by atoms with Crippen LogP contribution in [0.25, 0.3) is 5.82 Å². The normalized spacial score (nSPS) is 20.5. The minimum atomic E-state index is -0.109. The molecule has 30 heavy (non-hydrogen) atoms. The fraction of sp³-hybridized carbons (Fsp3) is 0.429. The summed E-state index contributed by atoms with van der Waals surface area (Å²) in [5.74, 6) is 1.28. The third-order valence-corrected chi connectivity index (χ3v) is 6.02. The quantitative estimate of drug-likeness (QED) is 0.711. The summed E-state index contributed by atoms with van der Waals surface area (Å²) >= 11 is 0. The molecule has 3 aromatic rings. The molecule has 1 N–H and O–H groups in total. The van der Waals surface area contributed by atoms with Gasteiger partial charge in [0.1, 0.15) is 24.5 Å².